The van der Waals surface area contributed by atoms with Crippen molar-refractivity contribution in [1.29, 1.82) is 0 Å². The van der Waals surface area contributed by atoms with Crippen LogP contribution in [0.25, 0.3) is 0 Å². The van der Waals surface area contributed by atoms with Crippen LogP contribution in [-0.2, 0) is 33.3 Å². The van der Waals surface area contributed by atoms with E-state index in [1.165, 1.54) is 33.6 Å². The normalized spacial score (nSPS) is 15.6. The number of benzene rings is 1. The Bertz CT molecular complexity index is 1270. The van der Waals surface area contributed by atoms with Crippen LogP contribution in [0.2, 0.25) is 0 Å². The Morgan fingerprint density at radius 3 is 2.38 bits per heavy atom. The Morgan fingerprint density at radius 2 is 1.73 bits per heavy atom. The highest BCUT2D eigenvalue weighted by molar-refractivity contribution is 5.93. The van der Waals surface area contributed by atoms with E-state index in [1.807, 2.05) is 24.3 Å². The number of esters is 1. The Labute approximate surface area is 220 Å². The summed E-state index contributed by atoms with van der Waals surface area (Å²) in [6.45, 7) is 13.5. The smallest absolute Gasteiger partial charge is 0.325 e. The van der Waals surface area contributed by atoms with Crippen molar-refractivity contribution in [3.8, 4) is 0 Å². The first-order valence-electron chi connectivity index (χ1n) is 13.1. The van der Waals surface area contributed by atoms with Crippen LogP contribution in [0, 0.1) is 6.92 Å². The molecule has 0 unspecified atom stereocenters. The molecule has 2 heterocycles. The van der Waals surface area contributed by atoms with Gasteiger partial charge in [-0.2, -0.15) is 0 Å². The summed E-state index contributed by atoms with van der Waals surface area (Å²) in [5.41, 5.74) is 6.24. The van der Waals surface area contributed by atoms with Crippen LogP contribution in [0.1, 0.15) is 91.7 Å². The molecule has 0 N–H and O–H groups in total. The molecule has 1 aliphatic rings. The zero-order valence-electron chi connectivity index (χ0n) is 22.9. The quantitative estimate of drug-likeness (QED) is 0.347. The molecular weight excluding hydrogens is 464 g/mol. The van der Waals surface area contributed by atoms with Crippen molar-refractivity contribution < 1.29 is 18.7 Å². The predicted octanol–water partition coefficient (Wildman–Crippen LogP) is 6.13. The molecular formula is C31H38N2O4. The van der Waals surface area contributed by atoms with Gasteiger partial charge in [0.25, 0.3) is 5.91 Å². The van der Waals surface area contributed by atoms with Crippen molar-refractivity contribution in [2.75, 3.05) is 13.2 Å². The van der Waals surface area contributed by atoms with Gasteiger partial charge in [0, 0.05) is 12.6 Å². The van der Waals surface area contributed by atoms with Crippen molar-refractivity contribution in [3.63, 3.8) is 0 Å². The minimum Gasteiger partial charge on any atom is -0.465 e. The van der Waals surface area contributed by atoms with Crippen molar-refractivity contribution in [2.24, 2.45) is 0 Å². The predicted molar refractivity (Wildman–Crippen MR) is 144 cm³/mol. The molecule has 1 aliphatic carbocycles. The summed E-state index contributed by atoms with van der Waals surface area (Å²) in [5, 5.41) is 0. The number of rotatable bonds is 8. The second kappa shape index (κ2) is 10.5. The third-order valence-electron chi connectivity index (χ3n) is 7.54. The first kappa shape index (κ1) is 26.6. The lowest BCUT2D eigenvalue weighted by molar-refractivity contribution is -0.144. The number of hydrogen-bond donors (Lipinski definition) is 0. The monoisotopic (exact) mass is 502 g/mol. The minimum absolute atomic E-state index is 0.122. The standard InChI is InChI=1S/C31H38N2O4/c1-7-36-28(34)20-33(19-23-10-8-9-15-32-23)29(35)27-12-11-24(37-27)17-22-18-26-25(16-21(22)2)30(3,4)13-14-31(26,5)6/h8-12,15-16,18H,7,13-14,17,19-20H2,1-6H3. The average molecular weight is 503 g/mol. The first-order chi connectivity index (χ1) is 17.5. The third-order valence-corrected chi connectivity index (χ3v) is 7.54. The van der Waals surface area contributed by atoms with Crippen molar-refractivity contribution in [2.45, 2.75) is 78.2 Å². The number of aryl methyl sites for hydroxylation is 1. The molecule has 0 aliphatic heterocycles. The lowest BCUT2D eigenvalue weighted by Crippen LogP contribution is -2.36. The van der Waals surface area contributed by atoms with E-state index in [4.69, 9.17) is 9.15 Å². The second-order valence-electron chi connectivity index (χ2n) is 11.3. The molecule has 3 aromatic rings. The average Bonchev–Trinajstić information content (AvgIpc) is 3.31. The third kappa shape index (κ3) is 5.95. The maximum absolute atomic E-state index is 13.4. The molecule has 0 radical (unpaired) electrons. The van der Waals surface area contributed by atoms with E-state index in [2.05, 4.69) is 51.7 Å². The maximum atomic E-state index is 13.4. The van der Waals surface area contributed by atoms with Gasteiger partial charge in [0.1, 0.15) is 12.3 Å². The van der Waals surface area contributed by atoms with Crippen LogP contribution >= 0.6 is 0 Å². The number of pyridine rings is 1. The first-order valence-corrected chi connectivity index (χ1v) is 13.1. The van der Waals surface area contributed by atoms with E-state index in [0.29, 0.717) is 17.9 Å². The SMILES string of the molecule is CCOC(=O)CN(Cc1ccccn1)C(=O)c1ccc(Cc2cc3c(cc2C)C(C)(C)CCC3(C)C)o1. The van der Waals surface area contributed by atoms with Crippen molar-refractivity contribution in [3.05, 3.63) is 88.1 Å². The van der Waals surface area contributed by atoms with Crippen LogP contribution in [0.15, 0.2) is 53.1 Å². The van der Waals surface area contributed by atoms with Gasteiger partial charge in [0.05, 0.1) is 18.8 Å². The van der Waals surface area contributed by atoms with E-state index < -0.39 is 5.97 Å². The number of fused-ring (bicyclic) bond motifs is 1. The molecule has 1 amide bonds. The van der Waals surface area contributed by atoms with Crippen molar-refractivity contribution >= 4 is 11.9 Å². The molecule has 2 aromatic heterocycles. The summed E-state index contributed by atoms with van der Waals surface area (Å²) in [5.74, 6) is 0.0873. The zero-order chi connectivity index (χ0) is 26.8. The number of furan rings is 1. The van der Waals surface area contributed by atoms with Gasteiger partial charge < -0.3 is 14.1 Å². The fraction of sp³-hybridized carbons (Fsp3) is 0.452. The number of ether oxygens (including phenoxy) is 1. The molecule has 6 heteroatoms. The Kier molecular flexibility index (Phi) is 7.58. The van der Waals surface area contributed by atoms with Gasteiger partial charge in [-0.1, -0.05) is 45.9 Å². The summed E-state index contributed by atoms with van der Waals surface area (Å²) in [6, 6.07) is 13.7. The van der Waals surface area contributed by atoms with Crippen molar-refractivity contribution in [1.82, 2.24) is 9.88 Å². The fourth-order valence-corrected chi connectivity index (χ4v) is 5.14. The zero-order valence-corrected chi connectivity index (χ0v) is 22.9. The minimum atomic E-state index is -0.464. The molecule has 0 bridgehead atoms. The molecule has 6 nitrogen and oxygen atoms in total. The van der Waals surface area contributed by atoms with Gasteiger partial charge in [-0.15, -0.1) is 0 Å². The highest BCUT2D eigenvalue weighted by atomic mass is 16.5. The number of aromatic nitrogens is 1. The summed E-state index contributed by atoms with van der Waals surface area (Å²) < 4.78 is 11.1. The van der Waals surface area contributed by atoms with E-state index in [9.17, 15) is 9.59 Å². The van der Waals surface area contributed by atoms with Gasteiger partial charge in [-0.05, 0) is 84.0 Å². The number of carbonyl (C=O) groups excluding carboxylic acids is 2. The number of hydrogen-bond acceptors (Lipinski definition) is 5. The van der Waals surface area contributed by atoms with Gasteiger partial charge in [-0.3, -0.25) is 14.6 Å². The molecule has 37 heavy (non-hydrogen) atoms. The molecule has 0 fully saturated rings. The summed E-state index contributed by atoms with van der Waals surface area (Å²) >= 11 is 0. The fourth-order valence-electron chi connectivity index (χ4n) is 5.14. The van der Waals surface area contributed by atoms with Crippen LogP contribution in [0.4, 0.5) is 0 Å². The van der Waals surface area contributed by atoms with E-state index in [1.54, 1.807) is 19.2 Å². The molecule has 0 saturated carbocycles. The Balaban J connectivity index is 1.57. The highest BCUT2D eigenvalue weighted by Gasteiger charge is 2.37. The topological polar surface area (TPSA) is 72.6 Å². The van der Waals surface area contributed by atoms with Gasteiger partial charge in [-0.25, -0.2) is 0 Å². The van der Waals surface area contributed by atoms with Gasteiger partial charge in [0.2, 0.25) is 0 Å². The lowest BCUT2D eigenvalue weighted by atomic mass is 9.62. The van der Waals surface area contributed by atoms with E-state index >= 15 is 0 Å². The van der Waals surface area contributed by atoms with E-state index in [-0.39, 0.29) is 42.2 Å². The molecule has 196 valence electrons. The number of nitrogens with zero attached hydrogens (tertiary/aromatic N) is 2. The largest absolute Gasteiger partial charge is 0.465 e. The Morgan fingerprint density at radius 1 is 1.03 bits per heavy atom. The molecule has 1 aromatic carbocycles. The molecule has 0 spiro atoms. The maximum Gasteiger partial charge on any atom is 0.325 e. The Hall–Kier alpha value is -3.41. The van der Waals surface area contributed by atoms with E-state index in [0.717, 1.165) is 6.42 Å². The van der Waals surface area contributed by atoms with Crippen LogP contribution in [0.5, 0.6) is 0 Å². The van der Waals surface area contributed by atoms with Gasteiger partial charge >= 0.3 is 5.97 Å². The summed E-state index contributed by atoms with van der Waals surface area (Å²) in [4.78, 5) is 31.3. The summed E-state index contributed by atoms with van der Waals surface area (Å²) in [6.07, 6.45) is 4.59. The molecule has 0 atom stereocenters. The lowest BCUT2D eigenvalue weighted by Gasteiger charge is -2.42. The van der Waals surface area contributed by atoms with Crippen LogP contribution < -0.4 is 0 Å². The van der Waals surface area contributed by atoms with Crippen LogP contribution in [0.3, 0.4) is 0 Å². The second-order valence-corrected chi connectivity index (χ2v) is 11.3. The highest BCUT2D eigenvalue weighted by Crippen LogP contribution is 2.46. The number of carbonyl (C=O) groups is 2. The van der Waals surface area contributed by atoms with Crippen LogP contribution in [-0.4, -0.2) is 34.9 Å². The molecule has 4 rings (SSSR count). The summed E-state index contributed by atoms with van der Waals surface area (Å²) in [7, 11) is 0. The number of amides is 1. The molecule has 0 saturated heterocycles. The van der Waals surface area contributed by atoms with Gasteiger partial charge in [0.15, 0.2) is 5.76 Å².